The lowest BCUT2D eigenvalue weighted by Crippen LogP contribution is -2.34. The average molecular weight is 223 g/mol. The second-order valence-electron chi connectivity index (χ2n) is 4.00. The Labute approximate surface area is 95.0 Å². The van der Waals surface area contributed by atoms with Crippen molar-refractivity contribution >= 4 is 11.9 Å². The molecule has 0 aromatic carbocycles. The van der Waals surface area contributed by atoms with Crippen LogP contribution < -0.4 is 4.90 Å². The fourth-order valence-electron chi connectivity index (χ4n) is 1.73. The predicted molar refractivity (Wildman–Crippen MR) is 60.2 cm³/mol. The van der Waals surface area contributed by atoms with Crippen molar-refractivity contribution in [3.8, 4) is 0 Å². The van der Waals surface area contributed by atoms with Gasteiger partial charge < -0.3 is 14.2 Å². The molecular formula is C11H17N3O2. The first-order chi connectivity index (χ1) is 7.72. The van der Waals surface area contributed by atoms with Crippen molar-refractivity contribution in [2.75, 3.05) is 18.1 Å². The first kappa shape index (κ1) is 11.0. The standard InChI is InChI=1S/C11H17N3O2/c1-3-16-10(15)8-14(9-4-5-9)11-12-6-7-13(11)2/h6-7,9H,3-5,8H2,1-2H3. The largest absolute Gasteiger partial charge is 0.465 e. The number of hydrogen-bond acceptors (Lipinski definition) is 4. The summed E-state index contributed by atoms with van der Waals surface area (Å²) in [7, 11) is 1.93. The Morgan fingerprint density at radius 3 is 2.94 bits per heavy atom. The molecule has 5 heteroatoms. The highest BCUT2D eigenvalue weighted by atomic mass is 16.5. The SMILES string of the molecule is CCOC(=O)CN(c1nccn1C)C1CC1. The van der Waals surface area contributed by atoms with Crippen LogP contribution in [-0.4, -0.2) is 34.7 Å². The van der Waals surface area contributed by atoms with E-state index in [-0.39, 0.29) is 5.97 Å². The van der Waals surface area contributed by atoms with Gasteiger partial charge in [-0.25, -0.2) is 4.98 Å². The summed E-state index contributed by atoms with van der Waals surface area (Å²) >= 11 is 0. The highest BCUT2D eigenvalue weighted by Crippen LogP contribution is 2.30. The molecule has 1 aliphatic carbocycles. The summed E-state index contributed by atoms with van der Waals surface area (Å²) in [6.07, 6.45) is 5.89. The lowest BCUT2D eigenvalue weighted by Gasteiger charge is -2.22. The lowest BCUT2D eigenvalue weighted by atomic mass is 10.5. The van der Waals surface area contributed by atoms with Gasteiger partial charge in [-0.1, -0.05) is 0 Å². The molecule has 1 heterocycles. The number of aromatic nitrogens is 2. The van der Waals surface area contributed by atoms with Gasteiger partial charge in [0.05, 0.1) is 6.61 Å². The first-order valence-corrected chi connectivity index (χ1v) is 5.62. The van der Waals surface area contributed by atoms with E-state index in [4.69, 9.17) is 4.74 Å². The van der Waals surface area contributed by atoms with Crippen molar-refractivity contribution in [3.05, 3.63) is 12.4 Å². The van der Waals surface area contributed by atoms with Crippen LogP contribution in [0.5, 0.6) is 0 Å². The number of ether oxygens (including phenoxy) is 1. The molecule has 0 bridgehead atoms. The van der Waals surface area contributed by atoms with Gasteiger partial charge >= 0.3 is 5.97 Å². The van der Waals surface area contributed by atoms with E-state index in [0.717, 1.165) is 18.8 Å². The minimum atomic E-state index is -0.183. The van der Waals surface area contributed by atoms with Crippen molar-refractivity contribution in [2.24, 2.45) is 7.05 Å². The van der Waals surface area contributed by atoms with E-state index in [1.807, 2.05) is 29.6 Å². The van der Waals surface area contributed by atoms with Gasteiger partial charge in [0.2, 0.25) is 5.95 Å². The van der Waals surface area contributed by atoms with Crippen LogP contribution in [0.4, 0.5) is 5.95 Å². The van der Waals surface area contributed by atoms with Crippen LogP contribution in [0.2, 0.25) is 0 Å². The smallest absolute Gasteiger partial charge is 0.325 e. The maximum atomic E-state index is 11.5. The molecule has 2 rings (SSSR count). The molecule has 1 saturated carbocycles. The van der Waals surface area contributed by atoms with Crippen LogP contribution in [-0.2, 0) is 16.6 Å². The molecule has 0 unspecified atom stereocenters. The number of carbonyl (C=O) groups is 1. The second kappa shape index (κ2) is 4.55. The Balaban J connectivity index is 2.06. The lowest BCUT2D eigenvalue weighted by molar-refractivity contribution is -0.141. The maximum Gasteiger partial charge on any atom is 0.325 e. The molecule has 0 radical (unpaired) electrons. The fourth-order valence-corrected chi connectivity index (χ4v) is 1.73. The zero-order valence-corrected chi connectivity index (χ0v) is 9.72. The van der Waals surface area contributed by atoms with E-state index in [1.54, 1.807) is 6.20 Å². The van der Waals surface area contributed by atoms with Gasteiger partial charge in [-0.15, -0.1) is 0 Å². The molecular weight excluding hydrogens is 206 g/mol. The normalized spacial score (nSPS) is 14.9. The van der Waals surface area contributed by atoms with Crippen molar-refractivity contribution in [3.63, 3.8) is 0 Å². The summed E-state index contributed by atoms with van der Waals surface area (Å²) < 4.78 is 6.90. The molecule has 0 spiro atoms. The molecule has 0 amide bonds. The van der Waals surface area contributed by atoms with E-state index >= 15 is 0 Å². The number of imidazole rings is 1. The summed E-state index contributed by atoms with van der Waals surface area (Å²) in [5.74, 6) is 0.660. The Morgan fingerprint density at radius 2 is 2.44 bits per heavy atom. The summed E-state index contributed by atoms with van der Waals surface area (Å²) in [4.78, 5) is 17.8. The van der Waals surface area contributed by atoms with Gasteiger partial charge in [0.15, 0.2) is 0 Å². The van der Waals surface area contributed by atoms with E-state index in [1.165, 1.54) is 0 Å². The molecule has 5 nitrogen and oxygen atoms in total. The molecule has 1 aromatic rings. The van der Waals surface area contributed by atoms with Gasteiger partial charge in [-0.05, 0) is 19.8 Å². The van der Waals surface area contributed by atoms with Gasteiger partial charge in [-0.2, -0.15) is 0 Å². The van der Waals surface area contributed by atoms with E-state index < -0.39 is 0 Å². The molecule has 0 atom stereocenters. The fraction of sp³-hybridized carbons (Fsp3) is 0.636. The third-order valence-electron chi connectivity index (χ3n) is 2.65. The number of esters is 1. The molecule has 1 aliphatic rings. The number of anilines is 1. The van der Waals surface area contributed by atoms with Gasteiger partial charge in [0.25, 0.3) is 0 Å². The number of rotatable bonds is 5. The third-order valence-corrected chi connectivity index (χ3v) is 2.65. The summed E-state index contributed by atoms with van der Waals surface area (Å²) in [5.41, 5.74) is 0. The van der Waals surface area contributed by atoms with E-state index in [2.05, 4.69) is 4.98 Å². The van der Waals surface area contributed by atoms with E-state index in [9.17, 15) is 4.79 Å². The average Bonchev–Trinajstić information content (AvgIpc) is 2.99. The topological polar surface area (TPSA) is 47.4 Å². The Bertz CT molecular complexity index is 371. The number of hydrogen-bond donors (Lipinski definition) is 0. The van der Waals surface area contributed by atoms with Crippen LogP contribution in [0.3, 0.4) is 0 Å². The Morgan fingerprint density at radius 1 is 1.69 bits per heavy atom. The predicted octanol–water partition coefficient (Wildman–Crippen LogP) is 0.952. The highest BCUT2D eigenvalue weighted by Gasteiger charge is 2.32. The van der Waals surface area contributed by atoms with Crippen molar-refractivity contribution < 1.29 is 9.53 Å². The van der Waals surface area contributed by atoms with Crippen molar-refractivity contribution in [1.82, 2.24) is 9.55 Å². The first-order valence-electron chi connectivity index (χ1n) is 5.62. The summed E-state index contributed by atoms with van der Waals surface area (Å²) in [5, 5.41) is 0. The zero-order valence-electron chi connectivity index (χ0n) is 9.72. The van der Waals surface area contributed by atoms with E-state index in [0.29, 0.717) is 19.2 Å². The highest BCUT2D eigenvalue weighted by molar-refractivity contribution is 5.75. The Kier molecular flexibility index (Phi) is 3.12. The second-order valence-corrected chi connectivity index (χ2v) is 4.00. The molecule has 0 aliphatic heterocycles. The van der Waals surface area contributed by atoms with Crippen LogP contribution in [0, 0.1) is 0 Å². The van der Waals surface area contributed by atoms with Crippen LogP contribution in [0.25, 0.3) is 0 Å². The van der Waals surface area contributed by atoms with Crippen LogP contribution >= 0.6 is 0 Å². The summed E-state index contributed by atoms with van der Waals surface area (Å²) in [6, 6.07) is 0.450. The number of carbonyl (C=O) groups excluding carboxylic acids is 1. The number of aryl methyl sites for hydroxylation is 1. The van der Waals surface area contributed by atoms with Crippen molar-refractivity contribution in [1.29, 1.82) is 0 Å². The monoisotopic (exact) mass is 223 g/mol. The minimum Gasteiger partial charge on any atom is -0.465 e. The van der Waals surface area contributed by atoms with Crippen molar-refractivity contribution in [2.45, 2.75) is 25.8 Å². The molecule has 1 aromatic heterocycles. The molecule has 16 heavy (non-hydrogen) atoms. The number of nitrogens with zero attached hydrogens (tertiary/aromatic N) is 3. The van der Waals surface area contributed by atoms with Gasteiger partial charge in [-0.3, -0.25) is 4.79 Å². The maximum absolute atomic E-state index is 11.5. The minimum absolute atomic E-state index is 0.183. The zero-order chi connectivity index (χ0) is 11.5. The van der Waals surface area contributed by atoms with Crippen LogP contribution in [0.1, 0.15) is 19.8 Å². The quantitative estimate of drug-likeness (QED) is 0.697. The van der Waals surface area contributed by atoms with Crippen LogP contribution in [0.15, 0.2) is 12.4 Å². The van der Waals surface area contributed by atoms with Gasteiger partial charge in [0, 0.05) is 25.5 Å². The molecule has 88 valence electrons. The summed E-state index contributed by atoms with van der Waals surface area (Å²) in [6.45, 7) is 2.54. The third kappa shape index (κ3) is 2.35. The van der Waals surface area contributed by atoms with Gasteiger partial charge in [0.1, 0.15) is 6.54 Å². The molecule has 1 fully saturated rings. The Hall–Kier alpha value is -1.52. The molecule has 0 N–H and O–H groups in total. The molecule has 0 saturated heterocycles.